The molecule has 0 aliphatic carbocycles. The minimum absolute atomic E-state index is 0.119. The third kappa shape index (κ3) is 3.05. The second-order valence-corrected chi connectivity index (χ2v) is 5.22. The topological polar surface area (TPSA) is 57.8 Å². The lowest BCUT2D eigenvalue weighted by atomic mass is 10.2. The number of nitrogens with zero attached hydrogens (tertiary/aromatic N) is 1. The van der Waals surface area contributed by atoms with Crippen molar-refractivity contribution >= 4 is 11.3 Å². The van der Waals surface area contributed by atoms with Crippen molar-refractivity contribution in [2.75, 3.05) is 0 Å². The summed E-state index contributed by atoms with van der Waals surface area (Å²) < 4.78 is 0. The molecule has 2 aromatic heterocycles. The fourth-order valence-electron chi connectivity index (χ4n) is 1.56. The molecule has 2 rings (SSSR count). The molecule has 0 saturated heterocycles. The molecule has 2 N–H and O–H groups in total. The van der Waals surface area contributed by atoms with Crippen molar-refractivity contribution in [1.29, 1.82) is 0 Å². The smallest absolute Gasteiger partial charge is 0.268 e. The number of aromatic nitrogens is 2. The van der Waals surface area contributed by atoms with Crippen LogP contribution in [0.15, 0.2) is 28.4 Å². The zero-order valence-electron chi connectivity index (χ0n) is 10.6. The lowest BCUT2D eigenvalue weighted by Crippen LogP contribution is -2.28. The third-order valence-corrected chi connectivity index (χ3v) is 3.80. The highest BCUT2D eigenvalue weighted by molar-refractivity contribution is 7.13. The van der Waals surface area contributed by atoms with E-state index in [0.717, 1.165) is 22.6 Å². The van der Waals surface area contributed by atoms with Gasteiger partial charge in [-0.25, -0.2) is 5.10 Å². The van der Waals surface area contributed by atoms with Crippen molar-refractivity contribution < 1.29 is 0 Å². The Morgan fingerprint density at radius 3 is 3.06 bits per heavy atom. The van der Waals surface area contributed by atoms with E-state index in [1.807, 2.05) is 23.6 Å². The zero-order chi connectivity index (χ0) is 13.0. The molecule has 0 aliphatic rings. The van der Waals surface area contributed by atoms with Crippen molar-refractivity contribution in [3.8, 4) is 10.6 Å². The standard InChI is InChI=1S/C13H17N3OS/c1-3-9(2)14-8-10-7-11(15-16-13(10)17)12-5-4-6-18-12/h4-7,9,14H,3,8H2,1-2H3,(H,16,17). The second-order valence-electron chi connectivity index (χ2n) is 4.28. The van der Waals surface area contributed by atoms with Gasteiger partial charge < -0.3 is 5.32 Å². The summed E-state index contributed by atoms with van der Waals surface area (Å²) in [5.74, 6) is 0. The van der Waals surface area contributed by atoms with Crippen molar-refractivity contribution in [1.82, 2.24) is 15.5 Å². The van der Waals surface area contributed by atoms with Crippen molar-refractivity contribution in [2.45, 2.75) is 32.9 Å². The van der Waals surface area contributed by atoms with Crippen LogP contribution in [0.1, 0.15) is 25.8 Å². The van der Waals surface area contributed by atoms with Gasteiger partial charge in [-0.2, -0.15) is 5.10 Å². The Labute approximate surface area is 110 Å². The molecule has 2 heterocycles. The van der Waals surface area contributed by atoms with E-state index < -0.39 is 0 Å². The maximum absolute atomic E-state index is 11.7. The van der Waals surface area contributed by atoms with Crippen LogP contribution in [0.3, 0.4) is 0 Å². The Balaban J connectivity index is 2.20. The number of aromatic amines is 1. The first kappa shape index (κ1) is 13.0. The van der Waals surface area contributed by atoms with Gasteiger partial charge in [0.05, 0.1) is 4.88 Å². The first-order valence-corrected chi connectivity index (χ1v) is 6.94. The van der Waals surface area contributed by atoms with Gasteiger partial charge in [-0.15, -0.1) is 11.3 Å². The normalized spacial score (nSPS) is 12.6. The highest BCUT2D eigenvalue weighted by Crippen LogP contribution is 2.21. The lowest BCUT2D eigenvalue weighted by Gasteiger charge is -2.10. The van der Waals surface area contributed by atoms with Crippen molar-refractivity contribution in [3.63, 3.8) is 0 Å². The van der Waals surface area contributed by atoms with Gasteiger partial charge in [-0.1, -0.05) is 13.0 Å². The molecule has 0 spiro atoms. The number of hydrogen-bond acceptors (Lipinski definition) is 4. The molecular weight excluding hydrogens is 246 g/mol. The van der Waals surface area contributed by atoms with Crippen LogP contribution in [0.5, 0.6) is 0 Å². The molecular formula is C13H17N3OS. The molecule has 0 radical (unpaired) electrons. The van der Waals surface area contributed by atoms with Crippen LogP contribution in [-0.4, -0.2) is 16.2 Å². The molecule has 18 heavy (non-hydrogen) atoms. The van der Waals surface area contributed by atoms with Gasteiger partial charge >= 0.3 is 0 Å². The van der Waals surface area contributed by atoms with Crippen LogP contribution < -0.4 is 10.9 Å². The molecule has 0 amide bonds. The maximum atomic E-state index is 11.7. The van der Waals surface area contributed by atoms with E-state index in [0.29, 0.717) is 12.6 Å². The molecule has 0 aromatic carbocycles. The van der Waals surface area contributed by atoms with Crippen molar-refractivity contribution in [3.05, 3.63) is 39.5 Å². The highest BCUT2D eigenvalue weighted by atomic mass is 32.1. The number of hydrogen-bond donors (Lipinski definition) is 2. The van der Waals surface area contributed by atoms with Crippen LogP contribution in [0, 0.1) is 0 Å². The molecule has 0 fully saturated rings. The van der Waals surface area contributed by atoms with E-state index in [-0.39, 0.29) is 5.56 Å². The first-order chi connectivity index (χ1) is 8.70. The lowest BCUT2D eigenvalue weighted by molar-refractivity contribution is 0.531. The van der Waals surface area contributed by atoms with E-state index in [1.54, 1.807) is 11.3 Å². The number of rotatable bonds is 5. The van der Waals surface area contributed by atoms with Gasteiger partial charge in [0.1, 0.15) is 5.69 Å². The Morgan fingerprint density at radius 2 is 2.39 bits per heavy atom. The molecule has 96 valence electrons. The predicted molar refractivity (Wildman–Crippen MR) is 74.8 cm³/mol. The van der Waals surface area contributed by atoms with Crippen LogP contribution in [-0.2, 0) is 6.54 Å². The first-order valence-electron chi connectivity index (χ1n) is 6.06. The number of nitrogens with one attached hydrogen (secondary N) is 2. The van der Waals surface area contributed by atoms with Gasteiger partial charge in [-0.05, 0) is 30.9 Å². The summed E-state index contributed by atoms with van der Waals surface area (Å²) in [4.78, 5) is 12.8. The van der Waals surface area contributed by atoms with E-state index in [9.17, 15) is 4.79 Å². The van der Waals surface area contributed by atoms with Crippen LogP contribution >= 0.6 is 11.3 Å². The average molecular weight is 263 g/mol. The Bertz CT molecular complexity index is 548. The molecule has 0 aliphatic heterocycles. The molecule has 1 atom stereocenters. The van der Waals surface area contributed by atoms with Crippen molar-refractivity contribution in [2.24, 2.45) is 0 Å². The quantitative estimate of drug-likeness (QED) is 0.871. The second kappa shape index (κ2) is 5.93. The van der Waals surface area contributed by atoms with Gasteiger partial charge in [0.25, 0.3) is 5.56 Å². The minimum atomic E-state index is -0.119. The summed E-state index contributed by atoms with van der Waals surface area (Å²) in [5, 5.41) is 12.0. The monoisotopic (exact) mass is 263 g/mol. The fraction of sp³-hybridized carbons (Fsp3) is 0.385. The zero-order valence-corrected chi connectivity index (χ0v) is 11.4. The Hall–Kier alpha value is -1.46. The molecule has 5 heteroatoms. The van der Waals surface area contributed by atoms with E-state index in [1.165, 1.54) is 0 Å². The largest absolute Gasteiger partial charge is 0.310 e. The Kier molecular flexibility index (Phi) is 4.28. The summed E-state index contributed by atoms with van der Waals surface area (Å²) in [6.07, 6.45) is 1.04. The summed E-state index contributed by atoms with van der Waals surface area (Å²) in [6, 6.07) is 6.24. The summed E-state index contributed by atoms with van der Waals surface area (Å²) in [5.41, 5.74) is 1.44. The van der Waals surface area contributed by atoms with E-state index >= 15 is 0 Å². The van der Waals surface area contributed by atoms with Gasteiger partial charge in [0.15, 0.2) is 0 Å². The summed E-state index contributed by atoms with van der Waals surface area (Å²) >= 11 is 1.61. The maximum Gasteiger partial charge on any atom is 0.268 e. The summed E-state index contributed by atoms with van der Waals surface area (Å²) in [7, 11) is 0. The fourth-order valence-corrected chi connectivity index (χ4v) is 2.24. The third-order valence-electron chi connectivity index (χ3n) is 2.91. The number of thiophene rings is 1. The van der Waals surface area contributed by atoms with Gasteiger partial charge in [0, 0.05) is 18.2 Å². The molecule has 4 nitrogen and oxygen atoms in total. The molecule has 0 bridgehead atoms. The molecule has 2 aromatic rings. The van der Waals surface area contributed by atoms with Gasteiger partial charge in [0.2, 0.25) is 0 Å². The molecule has 0 saturated carbocycles. The minimum Gasteiger partial charge on any atom is -0.310 e. The van der Waals surface area contributed by atoms with E-state index in [4.69, 9.17) is 0 Å². The van der Waals surface area contributed by atoms with Crippen LogP contribution in [0.25, 0.3) is 10.6 Å². The van der Waals surface area contributed by atoms with Crippen LogP contribution in [0.2, 0.25) is 0 Å². The number of H-pyrrole nitrogens is 1. The molecule has 1 unspecified atom stereocenters. The van der Waals surface area contributed by atoms with Gasteiger partial charge in [-0.3, -0.25) is 4.79 Å². The average Bonchev–Trinajstić information content (AvgIpc) is 2.91. The predicted octanol–water partition coefficient (Wildman–Crippen LogP) is 2.39. The summed E-state index contributed by atoms with van der Waals surface area (Å²) in [6.45, 7) is 4.80. The van der Waals surface area contributed by atoms with Crippen LogP contribution in [0.4, 0.5) is 0 Å². The highest BCUT2D eigenvalue weighted by Gasteiger charge is 2.07. The Morgan fingerprint density at radius 1 is 1.56 bits per heavy atom. The SMILES string of the molecule is CCC(C)NCc1cc(-c2cccs2)n[nH]c1=O. The van der Waals surface area contributed by atoms with E-state index in [2.05, 4.69) is 29.4 Å².